The molecule has 0 amide bonds. The van der Waals surface area contributed by atoms with Gasteiger partial charge in [0.25, 0.3) is 0 Å². The summed E-state index contributed by atoms with van der Waals surface area (Å²) in [5.74, 6) is 0. The van der Waals surface area contributed by atoms with Crippen LogP contribution in [0.15, 0.2) is 24.3 Å². The Hall–Kier alpha value is -0.820. The standard InChI is InChI=1S/C12H17N/c1-10-5-3-4-6-11(10)12(7-8-12)9-13-2/h3-6,13H,7-9H2,1-2H3. The Bertz CT molecular complexity index is 300. The van der Waals surface area contributed by atoms with Crippen molar-refractivity contribution in [2.75, 3.05) is 13.6 Å². The zero-order valence-electron chi connectivity index (χ0n) is 8.43. The Morgan fingerprint density at radius 2 is 2.00 bits per heavy atom. The molecule has 70 valence electrons. The van der Waals surface area contributed by atoms with Gasteiger partial charge >= 0.3 is 0 Å². The molecule has 2 rings (SSSR count). The fourth-order valence-corrected chi connectivity index (χ4v) is 2.20. The molecule has 0 heterocycles. The number of benzene rings is 1. The summed E-state index contributed by atoms with van der Waals surface area (Å²) in [5.41, 5.74) is 3.46. The van der Waals surface area contributed by atoms with Gasteiger partial charge in [0, 0.05) is 12.0 Å². The van der Waals surface area contributed by atoms with Gasteiger partial charge in [-0.3, -0.25) is 0 Å². The number of aryl methyl sites for hydroxylation is 1. The summed E-state index contributed by atoms with van der Waals surface area (Å²) in [7, 11) is 2.04. The van der Waals surface area contributed by atoms with Crippen LogP contribution in [0.3, 0.4) is 0 Å². The molecule has 1 fully saturated rings. The summed E-state index contributed by atoms with van der Waals surface area (Å²) in [6, 6.07) is 8.76. The number of nitrogens with one attached hydrogen (secondary N) is 1. The second kappa shape index (κ2) is 3.15. The molecule has 0 unspecified atom stereocenters. The average Bonchev–Trinajstić information content (AvgIpc) is 2.87. The molecule has 1 aliphatic rings. The molecule has 1 saturated carbocycles. The maximum Gasteiger partial charge on any atom is 0.00809 e. The largest absolute Gasteiger partial charge is 0.319 e. The number of rotatable bonds is 3. The van der Waals surface area contributed by atoms with E-state index in [2.05, 4.69) is 36.5 Å². The normalized spacial score (nSPS) is 18.6. The second-order valence-electron chi connectivity index (χ2n) is 4.13. The molecule has 0 saturated heterocycles. The fourth-order valence-electron chi connectivity index (χ4n) is 2.20. The smallest absolute Gasteiger partial charge is 0.00809 e. The summed E-state index contributed by atoms with van der Waals surface area (Å²) in [6.07, 6.45) is 2.69. The van der Waals surface area contributed by atoms with Crippen LogP contribution in [0.25, 0.3) is 0 Å². The predicted molar refractivity (Wildman–Crippen MR) is 56.0 cm³/mol. The molecule has 0 spiro atoms. The van der Waals surface area contributed by atoms with E-state index in [0.29, 0.717) is 5.41 Å². The van der Waals surface area contributed by atoms with Crippen LogP contribution in [0.2, 0.25) is 0 Å². The lowest BCUT2D eigenvalue weighted by Crippen LogP contribution is -2.24. The van der Waals surface area contributed by atoms with E-state index in [-0.39, 0.29) is 0 Å². The van der Waals surface area contributed by atoms with E-state index in [9.17, 15) is 0 Å². The zero-order chi connectivity index (χ0) is 9.31. The van der Waals surface area contributed by atoms with E-state index >= 15 is 0 Å². The molecule has 0 radical (unpaired) electrons. The van der Waals surface area contributed by atoms with Gasteiger partial charge in [-0.1, -0.05) is 24.3 Å². The molecule has 0 atom stereocenters. The third kappa shape index (κ3) is 1.49. The number of hydrogen-bond donors (Lipinski definition) is 1. The Kier molecular flexibility index (Phi) is 2.12. The highest BCUT2D eigenvalue weighted by atomic mass is 14.8. The van der Waals surface area contributed by atoms with Crippen LogP contribution < -0.4 is 5.32 Å². The summed E-state index contributed by atoms with van der Waals surface area (Å²) in [4.78, 5) is 0. The fraction of sp³-hybridized carbons (Fsp3) is 0.500. The molecule has 1 aromatic carbocycles. The van der Waals surface area contributed by atoms with Gasteiger partial charge in [-0.25, -0.2) is 0 Å². The van der Waals surface area contributed by atoms with Gasteiger partial charge in [-0.15, -0.1) is 0 Å². The minimum Gasteiger partial charge on any atom is -0.319 e. The van der Waals surface area contributed by atoms with Crippen LogP contribution in [0.5, 0.6) is 0 Å². The summed E-state index contributed by atoms with van der Waals surface area (Å²) < 4.78 is 0. The Morgan fingerprint density at radius 1 is 1.31 bits per heavy atom. The molecule has 0 aromatic heterocycles. The van der Waals surface area contributed by atoms with Gasteiger partial charge < -0.3 is 5.32 Å². The molecule has 0 bridgehead atoms. The lowest BCUT2D eigenvalue weighted by Gasteiger charge is -2.17. The van der Waals surface area contributed by atoms with Crippen LogP contribution >= 0.6 is 0 Å². The first-order valence-electron chi connectivity index (χ1n) is 4.99. The molecule has 1 heteroatoms. The van der Waals surface area contributed by atoms with Crippen molar-refractivity contribution in [1.29, 1.82) is 0 Å². The lowest BCUT2D eigenvalue weighted by atomic mass is 9.92. The van der Waals surface area contributed by atoms with Crippen molar-refractivity contribution in [3.05, 3.63) is 35.4 Å². The predicted octanol–water partition coefficient (Wildman–Crippen LogP) is 2.25. The quantitative estimate of drug-likeness (QED) is 0.743. The van der Waals surface area contributed by atoms with Crippen molar-refractivity contribution < 1.29 is 0 Å². The van der Waals surface area contributed by atoms with E-state index in [1.54, 1.807) is 5.56 Å². The van der Waals surface area contributed by atoms with Crippen LogP contribution in [0.1, 0.15) is 24.0 Å². The summed E-state index contributed by atoms with van der Waals surface area (Å²) in [5, 5.41) is 3.30. The summed E-state index contributed by atoms with van der Waals surface area (Å²) >= 11 is 0. The van der Waals surface area contributed by atoms with Crippen LogP contribution in [0.4, 0.5) is 0 Å². The third-order valence-electron chi connectivity index (χ3n) is 3.09. The van der Waals surface area contributed by atoms with Crippen molar-refractivity contribution in [2.24, 2.45) is 0 Å². The number of hydrogen-bond acceptors (Lipinski definition) is 1. The van der Waals surface area contributed by atoms with Crippen LogP contribution in [-0.2, 0) is 5.41 Å². The average molecular weight is 175 g/mol. The van der Waals surface area contributed by atoms with Crippen molar-refractivity contribution in [1.82, 2.24) is 5.32 Å². The molecule has 1 N–H and O–H groups in total. The van der Waals surface area contributed by atoms with E-state index in [0.717, 1.165) is 6.54 Å². The maximum atomic E-state index is 3.30. The monoisotopic (exact) mass is 175 g/mol. The van der Waals surface area contributed by atoms with Gasteiger partial charge in [0.05, 0.1) is 0 Å². The van der Waals surface area contributed by atoms with Gasteiger partial charge in [-0.2, -0.15) is 0 Å². The highest BCUT2D eigenvalue weighted by Crippen LogP contribution is 2.48. The first-order chi connectivity index (χ1) is 6.28. The zero-order valence-corrected chi connectivity index (χ0v) is 8.43. The van der Waals surface area contributed by atoms with E-state index < -0.39 is 0 Å². The molecule has 1 nitrogen and oxygen atoms in total. The second-order valence-corrected chi connectivity index (χ2v) is 4.13. The molecule has 0 aliphatic heterocycles. The highest BCUT2D eigenvalue weighted by Gasteiger charge is 2.44. The number of likely N-dealkylation sites (N-methyl/N-ethyl adjacent to an activating group) is 1. The van der Waals surface area contributed by atoms with E-state index in [1.807, 2.05) is 7.05 Å². The SMILES string of the molecule is CNCC1(c2ccccc2C)CC1. The topological polar surface area (TPSA) is 12.0 Å². The Balaban J connectivity index is 2.30. The van der Waals surface area contributed by atoms with Crippen LogP contribution in [-0.4, -0.2) is 13.6 Å². The van der Waals surface area contributed by atoms with Crippen molar-refractivity contribution >= 4 is 0 Å². The van der Waals surface area contributed by atoms with Crippen molar-refractivity contribution in [2.45, 2.75) is 25.2 Å². The molecule has 1 aliphatic carbocycles. The maximum absolute atomic E-state index is 3.30. The molecule has 13 heavy (non-hydrogen) atoms. The Labute approximate surface area is 80.2 Å². The minimum atomic E-state index is 0.472. The molecular formula is C12H17N. The third-order valence-corrected chi connectivity index (χ3v) is 3.09. The van der Waals surface area contributed by atoms with E-state index in [4.69, 9.17) is 0 Å². The van der Waals surface area contributed by atoms with Gasteiger partial charge in [0.1, 0.15) is 0 Å². The van der Waals surface area contributed by atoms with Gasteiger partial charge in [0.15, 0.2) is 0 Å². The van der Waals surface area contributed by atoms with E-state index in [1.165, 1.54) is 18.4 Å². The minimum absolute atomic E-state index is 0.472. The first-order valence-corrected chi connectivity index (χ1v) is 4.99. The first kappa shape index (κ1) is 8.76. The highest BCUT2D eigenvalue weighted by molar-refractivity contribution is 5.38. The lowest BCUT2D eigenvalue weighted by molar-refractivity contribution is 0.621. The van der Waals surface area contributed by atoms with Crippen LogP contribution in [0, 0.1) is 6.92 Å². The van der Waals surface area contributed by atoms with Crippen molar-refractivity contribution in [3.8, 4) is 0 Å². The van der Waals surface area contributed by atoms with Gasteiger partial charge in [0.2, 0.25) is 0 Å². The van der Waals surface area contributed by atoms with Gasteiger partial charge in [-0.05, 0) is 37.9 Å². The molecule has 1 aromatic rings. The van der Waals surface area contributed by atoms with Crippen molar-refractivity contribution in [3.63, 3.8) is 0 Å². The Morgan fingerprint density at radius 3 is 2.54 bits per heavy atom. The molecular weight excluding hydrogens is 158 g/mol. The summed E-state index contributed by atoms with van der Waals surface area (Å²) in [6.45, 7) is 3.34.